The highest BCUT2D eigenvalue weighted by Gasteiger charge is 2.03. The zero-order chi connectivity index (χ0) is 12.0. The van der Waals surface area contributed by atoms with Crippen molar-refractivity contribution in [2.45, 2.75) is 6.92 Å². The lowest BCUT2D eigenvalue weighted by Crippen LogP contribution is -1.99. The number of aldehydes is 1. The van der Waals surface area contributed by atoms with Crippen molar-refractivity contribution in [3.05, 3.63) is 40.4 Å². The van der Waals surface area contributed by atoms with E-state index in [1.165, 1.54) is 12.2 Å². The van der Waals surface area contributed by atoms with Gasteiger partial charge < -0.3 is 4.74 Å². The molecule has 1 aromatic carbocycles. The van der Waals surface area contributed by atoms with Crippen LogP contribution in [0.2, 0.25) is 5.02 Å². The van der Waals surface area contributed by atoms with Crippen molar-refractivity contribution in [3.8, 4) is 0 Å². The Labute approximate surface area is 98.7 Å². The van der Waals surface area contributed by atoms with E-state index in [1.54, 1.807) is 25.1 Å². The molecule has 0 bridgehead atoms. The fourth-order valence-corrected chi connectivity index (χ4v) is 1.40. The van der Waals surface area contributed by atoms with Crippen LogP contribution in [0.1, 0.15) is 22.8 Å². The summed E-state index contributed by atoms with van der Waals surface area (Å²) < 4.78 is 4.72. The van der Waals surface area contributed by atoms with E-state index < -0.39 is 5.97 Å². The molecule has 0 N–H and O–H groups in total. The average molecular weight is 239 g/mol. The molecule has 0 aromatic heterocycles. The van der Waals surface area contributed by atoms with E-state index >= 15 is 0 Å². The number of carbonyl (C=O) groups excluding carboxylic acids is 2. The van der Waals surface area contributed by atoms with E-state index in [9.17, 15) is 9.59 Å². The molecular formula is C12H11ClO3. The minimum Gasteiger partial charge on any atom is -0.463 e. The number of rotatable bonds is 4. The predicted octanol–water partition coefficient (Wildman–Crippen LogP) is 2.73. The molecule has 0 aliphatic heterocycles. The highest BCUT2D eigenvalue weighted by Crippen LogP contribution is 2.19. The van der Waals surface area contributed by atoms with E-state index in [0.29, 0.717) is 29.0 Å². The van der Waals surface area contributed by atoms with Crippen molar-refractivity contribution >= 4 is 29.9 Å². The molecular weight excluding hydrogens is 228 g/mol. The summed E-state index contributed by atoms with van der Waals surface area (Å²) in [6.45, 7) is 2.04. The average Bonchev–Trinajstić information content (AvgIpc) is 2.27. The van der Waals surface area contributed by atoms with Crippen LogP contribution in [0, 0.1) is 0 Å². The Kier molecular flexibility index (Phi) is 4.73. The van der Waals surface area contributed by atoms with Crippen LogP contribution in [-0.2, 0) is 9.53 Å². The quantitative estimate of drug-likeness (QED) is 0.460. The molecule has 0 saturated carbocycles. The summed E-state index contributed by atoms with van der Waals surface area (Å²) in [6, 6.07) is 5.03. The van der Waals surface area contributed by atoms with Crippen molar-refractivity contribution in [3.63, 3.8) is 0 Å². The van der Waals surface area contributed by atoms with Crippen molar-refractivity contribution in [1.82, 2.24) is 0 Å². The lowest BCUT2D eigenvalue weighted by molar-refractivity contribution is -0.137. The number of hydrogen-bond donors (Lipinski definition) is 0. The summed E-state index contributed by atoms with van der Waals surface area (Å²) in [4.78, 5) is 21.9. The van der Waals surface area contributed by atoms with E-state index in [0.717, 1.165) is 0 Å². The first-order valence-electron chi connectivity index (χ1n) is 4.77. The summed E-state index contributed by atoms with van der Waals surface area (Å²) in [5, 5.41) is 0.362. The third-order valence-electron chi connectivity index (χ3n) is 1.89. The van der Waals surface area contributed by atoms with Gasteiger partial charge in [-0.1, -0.05) is 23.7 Å². The van der Waals surface area contributed by atoms with E-state index in [1.807, 2.05) is 0 Å². The molecule has 0 atom stereocenters. The fraction of sp³-hybridized carbons (Fsp3) is 0.167. The van der Waals surface area contributed by atoms with E-state index in [-0.39, 0.29) is 0 Å². The van der Waals surface area contributed by atoms with Crippen LogP contribution in [0.25, 0.3) is 6.08 Å². The number of hydrogen-bond acceptors (Lipinski definition) is 3. The first-order valence-corrected chi connectivity index (χ1v) is 5.15. The van der Waals surface area contributed by atoms with Crippen LogP contribution in [0.5, 0.6) is 0 Å². The SMILES string of the molecule is CCOC(=O)C=Cc1cccc(Cl)c1C=O. The standard InChI is InChI=1S/C12H11ClO3/c1-2-16-12(15)7-6-9-4-3-5-11(13)10(9)8-14/h3-8H,2H2,1H3. The molecule has 0 heterocycles. The van der Waals surface area contributed by atoms with Crippen LogP contribution in [0.4, 0.5) is 0 Å². The molecule has 84 valence electrons. The van der Waals surface area contributed by atoms with Crippen LogP contribution < -0.4 is 0 Å². The van der Waals surface area contributed by atoms with Crippen molar-refractivity contribution < 1.29 is 14.3 Å². The predicted molar refractivity (Wildman–Crippen MR) is 62.5 cm³/mol. The Hall–Kier alpha value is -1.61. The minimum absolute atomic E-state index is 0.319. The number of halogens is 1. The molecule has 0 aliphatic rings. The highest BCUT2D eigenvalue weighted by atomic mass is 35.5. The third-order valence-corrected chi connectivity index (χ3v) is 2.22. The van der Waals surface area contributed by atoms with Gasteiger partial charge in [0.05, 0.1) is 11.6 Å². The molecule has 0 saturated heterocycles. The van der Waals surface area contributed by atoms with Gasteiger partial charge in [-0.3, -0.25) is 4.79 Å². The largest absolute Gasteiger partial charge is 0.463 e. The van der Waals surface area contributed by atoms with Gasteiger partial charge in [-0.15, -0.1) is 0 Å². The lowest BCUT2D eigenvalue weighted by Gasteiger charge is -2.00. The second-order valence-corrected chi connectivity index (χ2v) is 3.35. The van der Waals surface area contributed by atoms with E-state index in [4.69, 9.17) is 16.3 Å². The maximum absolute atomic E-state index is 11.1. The molecule has 0 radical (unpaired) electrons. The normalized spacial score (nSPS) is 10.4. The molecule has 4 heteroatoms. The van der Waals surface area contributed by atoms with Gasteiger partial charge >= 0.3 is 5.97 Å². The van der Waals surface area contributed by atoms with Crippen LogP contribution in [0.3, 0.4) is 0 Å². The van der Waals surface area contributed by atoms with E-state index in [2.05, 4.69) is 0 Å². The Morgan fingerprint density at radius 2 is 2.25 bits per heavy atom. The van der Waals surface area contributed by atoms with Crippen molar-refractivity contribution in [2.75, 3.05) is 6.61 Å². The second-order valence-electron chi connectivity index (χ2n) is 2.95. The van der Waals surface area contributed by atoms with Gasteiger partial charge in [-0.2, -0.15) is 0 Å². The first-order chi connectivity index (χ1) is 7.69. The highest BCUT2D eigenvalue weighted by molar-refractivity contribution is 6.33. The van der Waals surface area contributed by atoms with Gasteiger partial charge in [0.1, 0.15) is 0 Å². The summed E-state index contributed by atoms with van der Waals surface area (Å²) in [7, 11) is 0. The number of carbonyl (C=O) groups is 2. The fourth-order valence-electron chi connectivity index (χ4n) is 1.17. The smallest absolute Gasteiger partial charge is 0.330 e. The Balaban J connectivity index is 2.93. The Bertz CT molecular complexity index is 424. The summed E-state index contributed by atoms with van der Waals surface area (Å²) >= 11 is 5.82. The topological polar surface area (TPSA) is 43.4 Å². The summed E-state index contributed by atoms with van der Waals surface area (Å²) in [6.07, 6.45) is 3.43. The van der Waals surface area contributed by atoms with Crippen LogP contribution in [0.15, 0.2) is 24.3 Å². The van der Waals surface area contributed by atoms with Crippen LogP contribution in [-0.4, -0.2) is 18.9 Å². The lowest BCUT2D eigenvalue weighted by atomic mass is 10.1. The van der Waals surface area contributed by atoms with Gasteiger partial charge in [0.15, 0.2) is 6.29 Å². The molecule has 0 amide bonds. The molecule has 0 fully saturated rings. The zero-order valence-corrected chi connectivity index (χ0v) is 9.53. The van der Waals surface area contributed by atoms with Gasteiger partial charge in [-0.05, 0) is 24.6 Å². The third kappa shape index (κ3) is 3.21. The first kappa shape index (κ1) is 12.5. The number of esters is 1. The van der Waals surface area contributed by atoms with Gasteiger partial charge in [0.2, 0.25) is 0 Å². The Morgan fingerprint density at radius 1 is 1.50 bits per heavy atom. The monoisotopic (exact) mass is 238 g/mol. The van der Waals surface area contributed by atoms with Gasteiger partial charge in [0.25, 0.3) is 0 Å². The molecule has 0 aliphatic carbocycles. The maximum atomic E-state index is 11.1. The molecule has 16 heavy (non-hydrogen) atoms. The Morgan fingerprint density at radius 3 is 2.88 bits per heavy atom. The van der Waals surface area contributed by atoms with Gasteiger partial charge in [0, 0.05) is 11.6 Å². The van der Waals surface area contributed by atoms with Crippen molar-refractivity contribution in [2.24, 2.45) is 0 Å². The molecule has 3 nitrogen and oxygen atoms in total. The summed E-state index contributed by atoms with van der Waals surface area (Å²) in [5.41, 5.74) is 0.959. The minimum atomic E-state index is -0.445. The van der Waals surface area contributed by atoms with Crippen molar-refractivity contribution in [1.29, 1.82) is 0 Å². The number of ether oxygens (including phenoxy) is 1. The zero-order valence-electron chi connectivity index (χ0n) is 8.77. The van der Waals surface area contributed by atoms with Crippen LogP contribution >= 0.6 is 11.6 Å². The maximum Gasteiger partial charge on any atom is 0.330 e. The summed E-state index contributed by atoms with van der Waals surface area (Å²) in [5.74, 6) is -0.445. The molecule has 0 spiro atoms. The second kappa shape index (κ2) is 6.08. The number of benzene rings is 1. The molecule has 1 rings (SSSR count). The molecule has 1 aromatic rings. The molecule has 0 unspecified atom stereocenters. The van der Waals surface area contributed by atoms with Gasteiger partial charge in [-0.25, -0.2) is 4.79 Å².